The summed E-state index contributed by atoms with van der Waals surface area (Å²) in [7, 11) is 0. The highest BCUT2D eigenvalue weighted by atomic mass is 35.5. The number of fused-ring (bicyclic) bond motifs is 1. The number of aromatic nitrogens is 1. The van der Waals surface area contributed by atoms with Gasteiger partial charge >= 0.3 is 0 Å². The van der Waals surface area contributed by atoms with Crippen LogP contribution >= 0.6 is 34.8 Å². The first kappa shape index (κ1) is 9.07. The Labute approximate surface area is 90.2 Å². The number of halogens is 3. The molecule has 0 saturated carbocycles. The van der Waals surface area contributed by atoms with E-state index in [2.05, 4.69) is 4.98 Å². The average Bonchev–Trinajstić information content (AvgIpc) is 2.15. The van der Waals surface area contributed by atoms with Crippen LogP contribution in [-0.4, -0.2) is 4.98 Å². The van der Waals surface area contributed by atoms with E-state index in [-0.39, 0.29) is 0 Å². The molecule has 1 aromatic heterocycles. The van der Waals surface area contributed by atoms with Crippen molar-refractivity contribution < 1.29 is 0 Å². The van der Waals surface area contributed by atoms with Crippen LogP contribution in [0.5, 0.6) is 0 Å². The molecule has 0 atom stereocenters. The zero-order valence-electron chi connectivity index (χ0n) is 6.39. The Bertz CT molecular complexity index is 468. The van der Waals surface area contributed by atoms with Gasteiger partial charge in [0, 0.05) is 11.6 Å². The molecule has 0 unspecified atom stereocenters. The maximum absolute atomic E-state index is 5.95. The van der Waals surface area contributed by atoms with Gasteiger partial charge in [-0.2, -0.15) is 0 Å². The summed E-state index contributed by atoms with van der Waals surface area (Å²) in [6.45, 7) is 0. The molecule has 0 amide bonds. The second-order valence-corrected chi connectivity index (χ2v) is 3.75. The Hall–Kier alpha value is -0.500. The van der Waals surface area contributed by atoms with Gasteiger partial charge in [0.25, 0.3) is 0 Å². The summed E-state index contributed by atoms with van der Waals surface area (Å²) in [4.78, 5) is 4.10. The number of benzene rings is 1. The molecular formula is C9H4Cl3N. The number of pyridine rings is 1. The van der Waals surface area contributed by atoms with Crippen molar-refractivity contribution in [3.8, 4) is 0 Å². The van der Waals surface area contributed by atoms with Crippen LogP contribution < -0.4 is 0 Å². The van der Waals surface area contributed by atoms with Gasteiger partial charge in [0.1, 0.15) is 0 Å². The van der Waals surface area contributed by atoms with Crippen molar-refractivity contribution >= 4 is 45.7 Å². The molecule has 2 aromatic rings. The summed E-state index contributed by atoms with van der Waals surface area (Å²) in [5, 5.41) is 2.26. The third-order valence-corrected chi connectivity index (χ3v) is 2.83. The van der Waals surface area contributed by atoms with Crippen LogP contribution in [-0.2, 0) is 0 Å². The topological polar surface area (TPSA) is 12.9 Å². The van der Waals surface area contributed by atoms with Crippen LogP contribution in [0.4, 0.5) is 0 Å². The maximum atomic E-state index is 5.95. The molecule has 0 radical (unpaired) electrons. The van der Waals surface area contributed by atoms with Gasteiger partial charge in [-0.3, -0.25) is 4.98 Å². The van der Waals surface area contributed by atoms with E-state index in [0.29, 0.717) is 20.6 Å². The standard InChI is InChI=1S/C9H4Cl3N/c10-6-4-7(11)8(12)9-5(6)2-1-3-13-9/h1-4H. The highest BCUT2D eigenvalue weighted by molar-refractivity contribution is 6.47. The van der Waals surface area contributed by atoms with Gasteiger partial charge in [0.05, 0.1) is 20.6 Å². The molecule has 0 fully saturated rings. The molecule has 0 aliphatic heterocycles. The Morgan fingerprint density at radius 3 is 2.62 bits per heavy atom. The van der Waals surface area contributed by atoms with Crippen molar-refractivity contribution in [2.24, 2.45) is 0 Å². The molecule has 2 rings (SSSR count). The van der Waals surface area contributed by atoms with Gasteiger partial charge < -0.3 is 0 Å². The normalized spacial score (nSPS) is 10.7. The minimum absolute atomic E-state index is 0.429. The summed E-state index contributed by atoms with van der Waals surface area (Å²) < 4.78 is 0. The Morgan fingerprint density at radius 2 is 1.85 bits per heavy atom. The van der Waals surface area contributed by atoms with Crippen LogP contribution in [0.1, 0.15) is 0 Å². The molecule has 1 heterocycles. The van der Waals surface area contributed by atoms with E-state index in [1.54, 1.807) is 18.3 Å². The first-order valence-electron chi connectivity index (χ1n) is 3.58. The monoisotopic (exact) mass is 231 g/mol. The van der Waals surface area contributed by atoms with Crippen molar-refractivity contribution in [1.29, 1.82) is 0 Å². The smallest absolute Gasteiger partial charge is 0.0918 e. The van der Waals surface area contributed by atoms with Crippen molar-refractivity contribution in [2.45, 2.75) is 0 Å². The van der Waals surface area contributed by atoms with E-state index in [9.17, 15) is 0 Å². The van der Waals surface area contributed by atoms with E-state index in [1.165, 1.54) is 0 Å². The lowest BCUT2D eigenvalue weighted by molar-refractivity contribution is 1.41. The first-order chi connectivity index (χ1) is 6.20. The van der Waals surface area contributed by atoms with E-state index in [1.807, 2.05) is 6.07 Å². The second kappa shape index (κ2) is 3.33. The summed E-state index contributed by atoms with van der Waals surface area (Å²) in [5.41, 5.74) is 0.640. The second-order valence-electron chi connectivity index (χ2n) is 2.55. The zero-order chi connectivity index (χ0) is 9.42. The minimum atomic E-state index is 0.429. The third kappa shape index (κ3) is 1.48. The molecule has 0 aliphatic rings. The summed E-state index contributed by atoms with van der Waals surface area (Å²) in [6.07, 6.45) is 1.65. The third-order valence-electron chi connectivity index (χ3n) is 1.74. The lowest BCUT2D eigenvalue weighted by Crippen LogP contribution is -1.81. The summed E-state index contributed by atoms with van der Waals surface area (Å²) in [5.74, 6) is 0. The Kier molecular flexibility index (Phi) is 2.33. The molecule has 0 saturated heterocycles. The van der Waals surface area contributed by atoms with E-state index >= 15 is 0 Å². The van der Waals surface area contributed by atoms with Crippen molar-refractivity contribution in [3.05, 3.63) is 39.5 Å². The molecule has 0 spiro atoms. The lowest BCUT2D eigenvalue weighted by atomic mass is 10.2. The van der Waals surface area contributed by atoms with Crippen LogP contribution in [0.15, 0.2) is 24.4 Å². The fraction of sp³-hybridized carbons (Fsp3) is 0. The zero-order valence-corrected chi connectivity index (χ0v) is 8.66. The highest BCUT2D eigenvalue weighted by Gasteiger charge is 2.07. The quantitative estimate of drug-likeness (QED) is 0.621. The van der Waals surface area contributed by atoms with Crippen molar-refractivity contribution in [3.63, 3.8) is 0 Å². The van der Waals surface area contributed by atoms with E-state index in [0.717, 1.165) is 5.39 Å². The molecular weight excluding hydrogens is 228 g/mol. The van der Waals surface area contributed by atoms with Gasteiger partial charge in [0.2, 0.25) is 0 Å². The van der Waals surface area contributed by atoms with Crippen LogP contribution in [0.25, 0.3) is 10.9 Å². The fourth-order valence-electron chi connectivity index (χ4n) is 1.14. The van der Waals surface area contributed by atoms with Crippen molar-refractivity contribution in [2.75, 3.05) is 0 Å². The highest BCUT2D eigenvalue weighted by Crippen LogP contribution is 2.34. The van der Waals surface area contributed by atoms with E-state index < -0.39 is 0 Å². The largest absolute Gasteiger partial charge is 0.255 e. The number of nitrogens with zero attached hydrogens (tertiary/aromatic N) is 1. The predicted molar refractivity (Wildman–Crippen MR) is 56.8 cm³/mol. The molecule has 66 valence electrons. The lowest BCUT2D eigenvalue weighted by Gasteiger charge is -2.02. The summed E-state index contributed by atoms with van der Waals surface area (Å²) >= 11 is 17.7. The molecule has 0 bridgehead atoms. The number of hydrogen-bond acceptors (Lipinski definition) is 1. The van der Waals surface area contributed by atoms with Gasteiger partial charge in [-0.15, -0.1) is 0 Å². The van der Waals surface area contributed by atoms with Gasteiger partial charge in [-0.05, 0) is 18.2 Å². The first-order valence-corrected chi connectivity index (χ1v) is 4.72. The molecule has 0 aliphatic carbocycles. The van der Waals surface area contributed by atoms with Gasteiger partial charge in [-0.1, -0.05) is 34.8 Å². The minimum Gasteiger partial charge on any atom is -0.255 e. The number of rotatable bonds is 0. The van der Waals surface area contributed by atoms with Crippen LogP contribution in [0.3, 0.4) is 0 Å². The van der Waals surface area contributed by atoms with E-state index in [4.69, 9.17) is 34.8 Å². The average molecular weight is 232 g/mol. The van der Waals surface area contributed by atoms with Crippen LogP contribution in [0, 0.1) is 0 Å². The summed E-state index contributed by atoms with van der Waals surface area (Å²) in [6, 6.07) is 5.28. The Morgan fingerprint density at radius 1 is 1.08 bits per heavy atom. The maximum Gasteiger partial charge on any atom is 0.0918 e. The molecule has 1 aromatic carbocycles. The predicted octanol–water partition coefficient (Wildman–Crippen LogP) is 4.20. The van der Waals surface area contributed by atoms with Crippen molar-refractivity contribution in [1.82, 2.24) is 4.98 Å². The molecule has 4 heteroatoms. The van der Waals surface area contributed by atoms with Gasteiger partial charge in [-0.25, -0.2) is 0 Å². The number of hydrogen-bond donors (Lipinski definition) is 0. The SMILES string of the molecule is Clc1cc(Cl)c2cccnc2c1Cl. The Balaban J connectivity index is 2.97. The molecule has 0 N–H and O–H groups in total. The molecule has 1 nitrogen and oxygen atoms in total. The van der Waals surface area contributed by atoms with Gasteiger partial charge in [0.15, 0.2) is 0 Å². The molecule has 13 heavy (non-hydrogen) atoms. The fourth-order valence-corrected chi connectivity index (χ4v) is 1.86. The van der Waals surface area contributed by atoms with Crippen LogP contribution in [0.2, 0.25) is 15.1 Å².